The second-order valence-corrected chi connectivity index (χ2v) is 7.82. The summed E-state index contributed by atoms with van der Waals surface area (Å²) in [4.78, 5) is 23.4. The first-order valence-electron chi connectivity index (χ1n) is 11.4. The molecule has 3 N–H and O–H groups in total. The van der Waals surface area contributed by atoms with Gasteiger partial charge >= 0.3 is 5.97 Å². The molecule has 0 radical (unpaired) electrons. The van der Waals surface area contributed by atoms with Crippen molar-refractivity contribution in [1.29, 1.82) is 0 Å². The highest BCUT2D eigenvalue weighted by molar-refractivity contribution is 5.98. The van der Waals surface area contributed by atoms with Crippen LogP contribution < -0.4 is 0 Å². The third-order valence-electron chi connectivity index (χ3n) is 4.82. The average Bonchev–Trinajstić information content (AvgIpc) is 2.66. The van der Waals surface area contributed by atoms with Crippen molar-refractivity contribution in [1.82, 2.24) is 0 Å². The van der Waals surface area contributed by atoms with Gasteiger partial charge in [0, 0.05) is 6.42 Å². The predicted molar refractivity (Wildman–Crippen MR) is 116 cm³/mol. The molecule has 0 saturated carbocycles. The molecule has 28 heavy (non-hydrogen) atoms. The number of rotatable bonds is 18. The van der Waals surface area contributed by atoms with Gasteiger partial charge in [-0.3, -0.25) is 9.59 Å². The summed E-state index contributed by atoms with van der Waals surface area (Å²) in [5, 5.41) is 25.3. The molecule has 0 aliphatic heterocycles. The van der Waals surface area contributed by atoms with E-state index in [0.717, 1.165) is 32.1 Å². The van der Waals surface area contributed by atoms with Gasteiger partial charge in [0.1, 0.15) is 11.7 Å². The fraction of sp³-hybridized carbons (Fsp3) is 0.913. The van der Waals surface area contributed by atoms with Gasteiger partial charge in [0.25, 0.3) is 0 Å². The maximum absolute atomic E-state index is 12.1. The molecule has 0 fully saturated rings. The van der Waals surface area contributed by atoms with Gasteiger partial charge in [-0.1, -0.05) is 90.9 Å². The zero-order chi connectivity index (χ0) is 21.6. The standard InChI is InChI=1S/C20H38O3.C3H8O2/c1-3-5-7-9-11-13-15-17-19(21)18(20(22)23)16-14-12-10-8-6-4-2;1-3(5)2-4/h18H,3-17H2,1-2H3,(H,22,23);3-5H,2H2,1H3. The van der Waals surface area contributed by atoms with Crippen LogP contribution in [0.4, 0.5) is 0 Å². The van der Waals surface area contributed by atoms with Gasteiger partial charge in [-0.25, -0.2) is 0 Å². The second kappa shape index (κ2) is 22.4. The van der Waals surface area contributed by atoms with Crippen molar-refractivity contribution in [2.24, 2.45) is 5.92 Å². The van der Waals surface area contributed by atoms with Crippen molar-refractivity contribution >= 4 is 11.8 Å². The normalized spacial score (nSPS) is 12.8. The Labute approximate surface area is 172 Å². The number of hydrogen-bond acceptors (Lipinski definition) is 4. The van der Waals surface area contributed by atoms with Gasteiger partial charge in [0.15, 0.2) is 0 Å². The van der Waals surface area contributed by atoms with Crippen LogP contribution in [0.1, 0.15) is 117 Å². The lowest BCUT2D eigenvalue weighted by Crippen LogP contribution is -2.23. The maximum atomic E-state index is 12.1. The minimum absolute atomic E-state index is 0.0559. The van der Waals surface area contributed by atoms with E-state index in [4.69, 9.17) is 10.2 Å². The molecule has 0 amide bonds. The lowest BCUT2D eigenvalue weighted by molar-refractivity contribution is -0.146. The van der Waals surface area contributed by atoms with Crippen LogP contribution in [-0.2, 0) is 9.59 Å². The van der Waals surface area contributed by atoms with Gasteiger partial charge in [-0.05, 0) is 19.8 Å². The van der Waals surface area contributed by atoms with Gasteiger partial charge in [0.2, 0.25) is 0 Å². The van der Waals surface area contributed by atoms with Crippen LogP contribution in [0.3, 0.4) is 0 Å². The van der Waals surface area contributed by atoms with E-state index >= 15 is 0 Å². The number of carboxylic acid groups (broad SMARTS) is 1. The average molecular weight is 403 g/mol. The van der Waals surface area contributed by atoms with Crippen LogP contribution in [0.2, 0.25) is 0 Å². The number of Topliss-reactive ketones (excluding diaryl/α,β-unsaturated/α-hetero) is 1. The summed E-state index contributed by atoms with van der Waals surface area (Å²) in [6.07, 6.45) is 15.3. The lowest BCUT2D eigenvalue weighted by atomic mass is 9.93. The Morgan fingerprint density at radius 3 is 1.54 bits per heavy atom. The lowest BCUT2D eigenvalue weighted by Gasteiger charge is -2.11. The van der Waals surface area contributed by atoms with E-state index < -0.39 is 18.0 Å². The topological polar surface area (TPSA) is 94.8 Å². The van der Waals surface area contributed by atoms with Crippen molar-refractivity contribution in [2.75, 3.05) is 6.61 Å². The summed E-state index contributed by atoms with van der Waals surface area (Å²) in [6, 6.07) is 0. The van der Waals surface area contributed by atoms with Gasteiger partial charge in [-0.15, -0.1) is 0 Å². The first-order valence-corrected chi connectivity index (χ1v) is 11.4. The molecule has 0 bridgehead atoms. The largest absolute Gasteiger partial charge is 0.481 e. The van der Waals surface area contributed by atoms with Crippen molar-refractivity contribution in [3.05, 3.63) is 0 Å². The van der Waals surface area contributed by atoms with E-state index in [9.17, 15) is 14.7 Å². The Morgan fingerprint density at radius 2 is 1.14 bits per heavy atom. The molecule has 168 valence electrons. The minimum atomic E-state index is -0.925. The van der Waals surface area contributed by atoms with Crippen LogP contribution in [0, 0.1) is 5.92 Å². The Bertz CT molecular complexity index is 355. The third-order valence-corrected chi connectivity index (χ3v) is 4.82. The summed E-state index contributed by atoms with van der Waals surface area (Å²) < 4.78 is 0. The molecule has 0 spiro atoms. The minimum Gasteiger partial charge on any atom is -0.481 e. The molecule has 0 rings (SSSR count). The predicted octanol–water partition coefficient (Wildman–Crippen LogP) is 5.51. The number of aliphatic carboxylic acids is 1. The maximum Gasteiger partial charge on any atom is 0.314 e. The number of carboxylic acids is 1. The van der Waals surface area contributed by atoms with E-state index in [1.807, 2.05) is 0 Å². The van der Waals surface area contributed by atoms with Gasteiger partial charge < -0.3 is 15.3 Å². The van der Waals surface area contributed by atoms with Crippen molar-refractivity contribution in [3.8, 4) is 0 Å². The fourth-order valence-corrected chi connectivity index (χ4v) is 2.98. The summed E-state index contributed by atoms with van der Waals surface area (Å²) in [5.41, 5.74) is 0. The van der Waals surface area contributed by atoms with E-state index in [1.54, 1.807) is 0 Å². The molecule has 0 aromatic carbocycles. The molecular weight excluding hydrogens is 356 g/mol. The number of aliphatic hydroxyl groups excluding tert-OH is 2. The second-order valence-electron chi connectivity index (χ2n) is 7.82. The van der Waals surface area contributed by atoms with E-state index in [1.165, 1.54) is 58.3 Å². The van der Waals surface area contributed by atoms with E-state index in [0.29, 0.717) is 12.8 Å². The van der Waals surface area contributed by atoms with Crippen molar-refractivity contribution < 1.29 is 24.9 Å². The number of aliphatic hydroxyl groups is 2. The molecule has 0 heterocycles. The zero-order valence-electron chi connectivity index (χ0n) is 18.6. The van der Waals surface area contributed by atoms with E-state index in [-0.39, 0.29) is 12.4 Å². The fourth-order valence-electron chi connectivity index (χ4n) is 2.98. The third kappa shape index (κ3) is 21.4. The highest BCUT2D eigenvalue weighted by Crippen LogP contribution is 2.17. The molecule has 0 aliphatic rings. The monoisotopic (exact) mass is 402 g/mol. The number of carbonyl (C=O) groups excluding carboxylic acids is 1. The molecule has 0 aliphatic carbocycles. The Hall–Kier alpha value is -0.940. The number of carbonyl (C=O) groups is 2. The molecular formula is C23H46O5. The van der Waals surface area contributed by atoms with Crippen LogP contribution in [0.5, 0.6) is 0 Å². The zero-order valence-corrected chi connectivity index (χ0v) is 18.6. The molecule has 2 unspecified atom stereocenters. The summed E-state index contributed by atoms with van der Waals surface area (Å²) in [5.74, 6) is -1.74. The van der Waals surface area contributed by atoms with Crippen LogP contribution in [0.15, 0.2) is 0 Å². The molecule has 0 saturated heterocycles. The van der Waals surface area contributed by atoms with Crippen molar-refractivity contribution in [3.63, 3.8) is 0 Å². The van der Waals surface area contributed by atoms with Crippen LogP contribution >= 0.6 is 0 Å². The number of unbranched alkanes of at least 4 members (excludes halogenated alkanes) is 11. The van der Waals surface area contributed by atoms with Gasteiger partial charge in [0.05, 0.1) is 12.7 Å². The Kier molecular flexibility index (Phi) is 23.4. The summed E-state index contributed by atoms with van der Waals surface area (Å²) in [6.45, 7) is 5.78. The number of hydrogen-bond donors (Lipinski definition) is 3. The molecule has 5 nitrogen and oxygen atoms in total. The van der Waals surface area contributed by atoms with E-state index in [2.05, 4.69) is 13.8 Å². The summed E-state index contributed by atoms with van der Waals surface area (Å²) >= 11 is 0. The molecule has 2 atom stereocenters. The quantitative estimate of drug-likeness (QED) is 0.208. The Balaban J connectivity index is 0. The SMILES string of the molecule is CC(O)CO.CCCCCCCCCC(=O)C(CCCCCCCC)C(=O)O. The molecule has 0 aromatic rings. The highest BCUT2D eigenvalue weighted by Gasteiger charge is 2.24. The van der Waals surface area contributed by atoms with Crippen LogP contribution in [0.25, 0.3) is 0 Å². The molecule has 5 heteroatoms. The van der Waals surface area contributed by atoms with Gasteiger partial charge in [-0.2, -0.15) is 0 Å². The van der Waals surface area contributed by atoms with Crippen molar-refractivity contribution in [2.45, 2.75) is 123 Å². The van der Waals surface area contributed by atoms with Crippen LogP contribution in [-0.4, -0.2) is 39.8 Å². The first kappa shape index (κ1) is 29.3. The first-order chi connectivity index (χ1) is 13.4. The Morgan fingerprint density at radius 1 is 0.750 bits per heavy atom. The highest BCUT2D eigenvalue weighted by atomic mass is 16.4. The molecule has 0 aromatic heterocycles. The number of ketones is 1. The smallest absolute Gasteiger partial charge is 0.314 e. The summed E-state index contributed by atoms with van der Waals surface area (Å²) in [7, 11) is 0.